The van der Waals surface area contributed by atoms with Crippen LogP contribution in [0.2, 0.25) is 0 Å². The largest absolute Gasteiger partial charge is 0.330 e. The average molecular weight is 254 g/mol. The van der Waals surface area contributed by atoms with Crippen LogP contribution < -0.4 is 5.73 Å². The van der Waals surface area contributed by atoms with Gasteiger partial charge in [0.1, 0.15) is 0 Å². The topological polar surface area (TPSA) is 29.3 Å². The van der Waals surface area contributed by atoms with Crippen molar-refractivity contribution < 1.29 is 0 Å². The number of nitrogens with zero attached hydrogens (tertiary/aromatic N) is 1. The number of nitrogens with two attached hydrogens (primary N) is 1. The van der Waals surface area contributed by atoms with E-state index in [1.165, 1.54) is 11.3 Å². The quantitative estimate of drug-likeness (QED) is 0.845. The highest BCUT2D eigenvalue weighted by Gasteiger charge is 2.19. The molecule has 2 N–H and O–H groups in total. The molecule has 1 atom stereocenters. The van der Waals surface area contributed by atoms with Gasteiger partial charge in [-0.2, -0.15) is 0 Å². The monoisotopic (exact) mass is 254 g/mol. The van der Waals surface area contributed by atoms with E-state index < -0.39 is 0 Å². The van der Waals surface area contributed by atoms with Gasteiger partial charge in [-0.15, -0.1) is 11.3 Å². The summed E-state index contributed by atoms with van der Waals surface area (Å²) < 4.78 is 0. The highest BCUT2D eigenvalue weighted by atomic mass is 32.1. The summed E-state index contributed by atoms with van der Waals surface area (Å²) in [7, 11) is 2.19. The van der Waals surface area contributed by atoms with E-state index in [2.05, 4.69) is 50.2 Å². The van der Waals surface area contributed by atoms with Crippen molar-refractivity contribution in [2.45, 2.75) is 33.7 Å². The highest BCUT2D eigenvalue weighted by molar-refractivity contribution is 7.09. The Morgan fingerprint density at radius 3 is 2.59 bits per heavy atom. The molecule has 0 spiro atoms. The van der Waals surface area contributed by atoms with Crippen molar-refractivity contribution in [1.82, 2.24) is 4.90 Å². The molecule has 0 aliphatic heterocycles. The molecule has 1 unspecified atom stereocenters. The first-order valence-corrected chi connectivity index (χ1v) is 7.19. The van der Waals surface area contributed by atoms with E-state index in [0.29, 0.717) is 11.3 Å². The maximum absolute atomic E-state index is 5.88. The van der Waals surface area contributed by atoms with Gasteiger partial charge in [-0.05, 0) is 42.8 Å². The second-order valence-electron chi connectivity index (χ2n) is 6.14. The summed E-state index contributed by atoms with van der Waals surface area (Å²) >= 11 is 1.83. The van der Waals surface area contributed by atoms with Crippen molar-refractivity contribution in [3.8, 4) is 0 Å². The van der Waals surface area contributed by atoms with Crippen LogP contribution in [0.5, 0.6) is 0 Å². The molecule has 0 bridgehead atoms. The van der Waals surface area contributed by atoms with Crippen molar-refractivity contribution in [2.75, 3.05) is 20.1 Å². The Bertz CT molecular complexity index is 301. The fourth-order valence-corrected chi connectivity index (χ4v) is 3.05. The summed E-state index contributed by atoms with van der Waals surface area (Å²) in [5.41, 5.74) is 6.25. The van der Waals surface area contributed by atoms with Crippen LogP contribution in [0.25, 0.3) is 0 Å². The predicted octanol–water partition coefficient (Wildman–Crippen LogP) is 3.19. The van der Waals surface area contributed by atoms with Crippen molar-refractivity contribution in [1.29, 1.82) is 0 Å². The van der Waals surface area contributed by atoms with Crippen LogP contribution >= 0.6 is 11.3 Å². The van der Waals surface area contributed by atoms with E-state index in [1.807, 2.05) is 11.3 Å². The molecule has 17 heavy (non-hydrogen) atoms. The fourth-order valence-electron chi connectivity index (χ4n) is 2.26. The molecule has 0 amide bonds. The minimum Gasteiger partial charge on any atom is -0.330 e. The zero-order valence-electron chi connectivity index (χ0n) is 11.6. The first kappa shape index (κ1) is 14.7. The minimum atomic E-state index is 0.369. The summed E-state index contributed by atoms with van der Waals surface area (Å²) in [4.78, 5) is 3.81. The van der Waals surface area contributed by atoms with Crippen LogP contribution in [-0.4, -0.2) is 25.0 Å². The lowest BCUT2D eigenvalue weighted by Gasteiger charge is -2.28. The fraction of sp³-hybridized carbons (Fsp3) is 0.714. The van der Waals surface area contributed by atoms with Crippen LogP contribution in [0, 0.1) is 11.3 Å². The molecule has 1 aromatic heterocycles. The second-order valence-corrected chi connectivity index (χ2v) is 7.17. The maximum Gasteiger partial charge on any atom is 0.0324 e. The molecule has 0 radical (unpaired) electrons. The van der Waals surface area contributed by atoms with Crippen LogP contribution in [0.1, 0.15) is 32.1 Å². The number of thiophene rings is 1. The first-order chi connectivity index (χ1) is 7.90. The molecule has 0 aliphatic carbocycles. The predicted molar refractivity (Wildman–Crippen MR) is 77.3 cm³/mol. The zero-order valence-corrected chi connectivity index (χ0v) is 12.4. The van der Waals surface area contributed by atoms with Crippen LogP contribution in [0.15, 0.2) is 17.5 Å². The third-order valence-corrected chi connectivity index (χ3v) is 3.67. The zero-order chi connectivity index (χ0) is 12.9. The molecule has 2 nitrogen and oxygen atoms in total. The summed E-state index contributed by atoms with van der Waals surface area (Å²) in [5, 5.41) is 2.14. The molecule has 0 fully saturated rings. The Labute approximate surface area is 110 Å². The molecule has 0 aromatic carbocycles. The molecule has 0 saturated carbocycles. The molecule has 1 rings (SSSR count). The lowest BCUT2D eigenvalue weighted by molar-refractivity contribution is 0.217. The Hall–Kier alpha value is -0.380. The first-order valence-electron chi connectivity index (χ1n) is 6.31. The van der Waals surface area contributed by atoms with E-state index in [4.69, 9.17) is 5.73 Å². The van der Waals surface area contributed by atoms with Crippen molar-refractivity contribution in [2.24, 2.45) is 17.1 Å². The van der Waals surface area contributed by atoms with Crippen LogP contribution in [0.3, 0.4) is 0 Å². The molecule has 3 heteroatoms. The van der Waals surface area contributed by atoms with Crippen molar-refractivity contribution in [3.05, 3.63) is 22.4 Å². The van der Waals surface area contributed by atoms with Gasteiger partial charge in [-0.1, -0.05) is 26.8 Å². The van der Waals surface area contributed by atoms with Gasteiger partial charge in [-0.3, -0.25) is 0 Å². The molecule has 98 valence electrons. The van der Waals surface area contributed by atoms with Gasteiger partial charge >= 0.3 is 0 Å². The lowest BCUT2D eigenvalue weighted by Crippen LogP contribution is -2.32. The van der Waals surface area contributed by atoms with Crippen molar-refractivity contribution >= 4 is 11.3 Å². The minimum absolute atomic E-state index is 0.369. The van der Waals surface area contributed by atoms with Gasteiger partial charge < -0.3 is 10.6 Å². The van der Waals surface area contributed by atoms with Crippen LogP contribution in [0.4, 0.5) is 0 Å². The van der Waals surface area contributed by atoms with Gasteiger partial charge in [0, 0.05) is 18.0 Å². The van der Waals surface area contributed by atoms with E-state index in [9.17, 15) is 0 Å². The number of hydrogen-bond acceptors (Lipinski definition) is 3. The maximum atomic E-state index is 5.88. The molecular weight excluding hydrogens is 228 g/mol. The summed E-state index contributed by atoms with van der Waals surface area (Å²) in [6.07, 6.45) is 1.19. The van der Waals surface area contributed by atoms with Gasteiger partial charge in [0.2, 0.25) is 0 Å². The molecule has 1 heterocycles. The third-order valence-electron chi connectivity index (χ3n) is 2.81. The second kappa shape index (κ2) is 6.53. The Kier molecular flexibility index (Phi) is 5.63. The number of hydrogen-bond donors (Lipinski definition) is 1. The molecular formula is C14H26N2S. The van der Waals surface area contributed by atoms with E-state index in [1.54, 1.807) is 0 Å². The normalized spacial score (nSPS) is 14.2. The van der Waals surface area contributed by atoms with E-state index >= 15 is 0 Å². The van der Waals surface area contributed by atoms with Gasteiger partial charge in [0.05, 0.1) is 0 Å². The van der Waals surface area contributed by atoms with Gasteiger partial charge in [0.15, 0.2) is 0 Å². The van der Waals surface area contributed by atoms with E-state index in [0.717, 1.165) is 19.6 Å². The molecule has 1 aromatic rings. The third kappa shape index (κ3) is 6.20. The Morgan fingerprint density at radius 1 is 1.41 bits per heavy atom. The number of rotatable bonds is 6. The standard InChI is InChI=1S/C14H26N2S/c1-14(2,3)8-12(9-15)10-16(4)11-13-6-5-7-17-13/h5-7,12H,8-11,15H2,1-4H3. The van der Waals surface area contributed by atoms with Gasteiger partial charge in [-0.25, -0.2) is 0 Å². The van der Waals surface area contributed by atoms with Crippen LogP contribution in [-0.2, 0) is 6.54 Å². The smallest absolute Gasteiger partial charge is 0.0324 e. The highest BCUT2D eigenvalue weighted by Crippen LogP contribution is 2.24. The summed E-state index contributed by atoms with van der Waals surface area (Å²) in [6.45, 7) is 9.77. The van der Waals surface area contributed by atoms with Crippen molar-refractivity contribution in [3.63, 3.8) is 0 Å². The van der Waals surface area contributed by atoms with E-state index in [-0.39, 0.29) is 0 Å². The SMILES string of the molecule is CN(Cc1cccs1)CC(CN)CC(C)(C)C. The summed E-state index contributed by atoms with van der Waals surface area (Å²) in [6, 6.07) is 4.31. The Morgan fingerprint density at radius 2 is 2.12 bits per heavy atom. The lowest BCUT2D eigenvalue weighted by atomic mass is 9.84. The Balaban J connectivity index is 2.40. The molecule has 0 aliphatic rings. The van der Waals surface area contributed by atoms with Gasteiger partial charge in [0.25, 0.3) is 0 Å². The summed E-state index contributed by atoms with van der Waals surface area (Å²) in [5.74, 6) is 0.597. The molecule has 0 saturated heterocycles. The average Bonchev–Trinajstić information content (AvgIpc) is 2.67.